The second-order valence-electron chi connectivity index (χ2n) is 3.82. The van der Waals surface area contributed by atoms with Gasteiger partial charge in [-0.25, -0.2) is 0 Å². The van der Waals surface area contributed by atoms with Gasteiger partial charge in [0.05, 0.1) is 24.2 Å². The summed E-state index contributed by atoms with van der Waals surface area (Å²) in [5, 5.41) is 3.40. The predicted octanol–water partition coefficient (Wildman–Crippen LogP) is 1.33. The maximum absolute atomic E-state index is 11.1. The number of carbonyl (C=O) groups excluding carboxylic acids is 1. The number of pyridine rings is 1. The highest BCUT2D eigenvalue weighted by atomic mass is 16.5. The van der Waals surface area contributed by atoms with E-state index >= 15 is 0 Å². The Morgan fingerprint density at radius 2 is 2.28 bits per heavy atom. The van der Waals surface area contributed by atoms with Crippen LogP contribution < -0.4 is 15.8 Å². The first-order valence-electron chi connectivity index (χ1n) is 5.69. The number of nitrogens with one attached hydrogen (secondary N) is 1. The van der Waals surface area contributed by atoms with Crippen LogP contribution in [0.5, 0.6) is 5.75 Å². The molecule has 0 aliphatic carbocycles. The zero-order valence-corrected chi connectivity index (χ0v) is 10.1. The minimum absolute atomic E-state index is 0.0483. The summed E-state index contributed by atoms with van der Waals surface area (Å²) in [6.07, 6.45) is 2.01. The average molecular weight is 245 g/mol. The molecule has 0 unspecified atom stereocenters. The molecule has 0 radical (unpaired) electrons. The second kappa shape index (κ2) is 5.35. The molecule has 94 valence electrons. The SMILES string of the molecule is CNC(=O)CCOc1ccc(N)c2ncccc12. The van der Waals surface area contributed by atoms with Crippen LogP contribution in [0.3, 0.4) is 0 Å². The van der Waals surface area contributed by atoms with Gasteiger partial charge in [-0.2, -0.15) is 0 Å². The lowest BCUT2D eigenvalue weighted by molar-refractivity contribution is -0.121. The van der Waals surface area contributed by atoms with Crippen molar-refractivity contribution in [1.82, 2.24) is 10.3 Å². The molecular weight excluding hydrogens is 230 g/mol. The molecule has 3 N–H and O–H groups in total. The summed E-state index contributed by atoms with van der Waals surface area (Å²) in [6.45, 7) is 0.327. The zero-order valence-electron chi connectivity index (χ0n) is 10.1. The van der Waals surface area contributed by atoms with Gasteiger partial charge in [0.1, 0.15) is 5.75 Å². The molecule has 5 heteroatoms. The van der Waals surface area contributed by atoms with Gasteiger partial charge in [-0.3, -0.25) is 9.78 Å². The summed E-state index contributed by atoms with van der Waals surface area (Å²) in [5.41, 5.74) is 7.17. The quantitative estimate of drug-likeness (QED) is 0.797. The van der Waals surface area contributed by atoms with Crippen LogP contribution in [0, 0.1) is 0 Å². The first-order chi connectivity index (χ1) is 8.72. The first kappa shape index (κ1) is 12.2. The van der Waals surface area contributed by atoms with Crippen LogP contribution in [0.15, 0.2) is 30.5 Å². The van der Waals surface area contributed by atoms with Crippen molar-refractivity contribution >= 4 is 22.5 Å². The number of carbonyl (C=O) groups is 1. The summed E-state index contributed by atoms with van der Waals surface area (Å²) in [4.78, 5) is 15.3. The highest BCUT2D eigenvalue weighted by Crippen LogP contribution is 2.28. The Morgan fingerprint density at radius 1 is 1.44 bits per heavy atom. The van der Waals surface area contributed by atoms with Gasteiger partial charge in [0.15, 0.2) is 0 Å². The van der Waals surface area contributed by atoms with Gasteiger partial charge in [0.2, 0.25) is 5.91 Å². The van der Waals surface area contributed by atoms with E-state index in [1.54, 1.807) is 25.4 Å². The highest BCUT2D eigenvalue weighted by molar-refractivity contribution is 5.93. The lowest BCUT2D eigenvalue weighted by atomic mass is 10.2. The minimum atomic E-state index is -0.0483. The van der Waals surface area contributed by atoms with E-state index in [-0.39, 0.29) is 5.91 Å². The molecule has 0 fully saturated rings. The van der Waals surface area contributed by atoms with Crippen molar-refractivity contribution in [1.29, 1.82) is 0 Å². The standard InChI is InChI=1S/C13H15N3O2/c1-15-12(17)6-8-18-11-5-4-10(14)13-9(11)3-2-7-16-13/h2-5,7H,6,8,14H2,1H3,(H,15,17). The molecule has 1 amide bonds. The summed E-state index contributed by atoms with van der Waals surface area (Å²) in [6, 6.07) is 7.27. The lowest BCUT2D eigenvalue weighted by Gasteiger charge is -2.09. The summed E-state index contributed by atoms with van der Waals surface area (Å²) >= 11 is 0. The molecule has 2 rings (SSSR count). The molecule has 0 atom stereocenters. The Balaban J connectivity index is 2.18. The molecule has 1 heterocycles. The van der Waals surface area contributed by atoms with E-state index < -0.39 is 0 Å². The van der Waals surface area contributed by atoms with Crippen LogP contribution in [0.2, 0.25) is 0 Å². The molecule has 0 saturated heterocycles. The van der Waals surface area contributed by atoms with Crippen LogP contribution in [0.4, 0.5) is 5.69 Å². The van der Waals surface area contributed by atoms with Crippen LogP contribution in [-0.4, -0.2) is 24.5 Å². The van der Waals surface area contributed by atoms with Gasteiger partial charge in [-0.15, -0.1) is 0 Å². The third-order valence-electron chi connectivity index (χ3n) is 2.63. The molecular formula is C13H15N3O2. The summed E-state index contributed by atoms with van der Waals surface area (Å²) in [7, 11) is 1.60. The topological polar surface area (TPSA) is 77.2 Å². The molecule has 0 aliphatic rings. The Bertz CT molecular complexity index is 569. The van der Waals surface area contributed by atoms with Crippen LogP contribution >= 0.6 is 0 Å². The third-order valence-corrected chi connectivity index (χ3v) is 2.63. The molecule has 18 heavy (non-hydrogen) atoms. The molecule has 0 spiro atoms. The monoisotopic (exact) mass is 245 g/mol. The average Bonchev–Trinajstić information content (AvgIpc) is 2.41. The van der Waals surface area contributed by atoms with Crippen molar-refractivity contribution in [2.45, 2.75) is 6.42 Å². The lowest BCUT2D eigenvalue weighted by Crippen LogP contribution is -2.20. The summed E-state index contributed by atoms with van der Waals surface area (Å²) in [5.74, 6) is 0.643. The van der Waals surface area contributed by atoms with Gasteiger partial charge in [0, 0.05) is 18.6 Å². The Labute approximate surface area is 105 Å². The maximum Gasteiger partial charge on any atom is 0.223 e. The molecule has 2 aromatic rings. The predicted molar refractivity (Wildman–Crippen MR) is 70.3 cm³/mol. The number of rotatable bonds is 4. The number of amides is 1. The molecule has 0 saturated carbocycles. The fraction of sp³-hybridized carbons (Fsp3) is 0.231. The van der Waals surface area contributed by atoms with Crippen molar-refractivity contribution in [3.05, 3.63) is 30.5 Å². The number of nitrogens with two attached hydrogens (primary N) is 1. The normalized spacial score (nSPS) is 10.3. The van der Waals surface area contributed by atoms with Gasteiger partial charge >= 0.3 is 0 Å². The van der Waals surface area contributed by atoms with E-state index in [0.29, 0.717) is 24.5 Å². The Morgan fingerprint density at radius 3 is 3.06 bits per heavy atom. The first-order valence-corrected chi connectivity index (χ1v) is 5.69. The van der Waals surface area contributed by atoms with Crippen molar-refractivity contribution in [3.8, 4) is 5.75 Å². The number of hydrogen-bond acceptors (Lipinski definition) is 4. The number of aromatic nitrogens is 1. The fourth-order valence-electron chi connectivity index (χ4n) is 1.67. The fourth-order valence-corrected chi connectivity index (χ4v) is 1.67. The number of anilines is 1. The van der Waals surface area contributed by atoms with E-state index in [0.717, 1.165) is 10.9 Å². The highest BCUT2D eigenvalue weighted by Gasteiger charge is 2.06. The van der Waals surface area contributed by atoms with E-state index in [1.807, 2.05) is 12.1 Å². The molecule has 0 bridgehead atoms. The minimum Gasteiger partial charge on any atom is -0.492 e. The van der Waals surface area contributed by atoms with Gasteiger partial charge in [0.25, 0.3) is 0 Å². The van der Waals surface area contributed by atoms with E-state index in [9.17, 15) is 4.79 Å². The van der Waals surface area contributed by atoms with Crippen LogP contribution in [0.25, 0.3) is 10.9 Å². The number of fused-ring (bicyclic) bond motifs is 1. The Kier molecular flexibility index (Phi) is 3.62. The zero-order chi connectivity index (χ0) is 13.0. The molecule has 0 aliphatic heterocycles. The van der Waals surface area contributed by atoms with E-state index in [4.69, 9.17) is 10.5 Å². The van der Waals surface area contributed by atoms with E-state index in [1.165, 1.54) is 0 Å². The second-order valence-corrected chi connectivity index (χ2v) is 3.82. The number of nitrogens with zero attached hydrogens (tertiary/aromatic N) is 1. The molecule has 5 nitrogen and oxygen atoms in total. The summed E-state index contributed by atoms with van der Waals surface area (Å²) < 4.78 is 5.59. The largest absolute Gasteiger partial charge is 0.492 e. The molecule has 1 aromatic carbocycles. The van der Waals surface area contributed by atoms with Gasteiger partial charge < -0.3 is 15.8 Å². The number of benzene rings is 1. The maximum atomic E-state index is 11.1. The third kappa shape index (κ3) is 2.51. The number of ether oxygens (including phenoxy) is 1. The van der Waals surface area contributed by atoms with Crippen LogP contribution in [-0.2, 0) is 4.79 Å². The van der Waals surface area contributed by atoms with Gasteiger partial charge in [-0.05, 0) is 24.3 Å². The molecule has 1 aromatic heterocycles. The van der Waals surface area contributed by atoms with E-state index in [2.05, 4.69) is 10.3 Å². The van der Waals surface area contributed by atoms with Crippen molar-refractivity contribution < 1.29 is 9.53 Å². The Hall–Kier alpha value is -2.30. The van der Waals surface area contributed by atoms with Crippen molar-refractivity contribution in [2.75, 3.05) is 19.4 Å². The van der Waals surface area contributed by atoms with Gasteiger partial charge in [-0.1, -0.05) is 0 Å². The number of hydrogen-bond donors (Lipinski definition) is 2. The van der Waals surface area contributed by atoms with Crippen molar-refractivity contribution in [3.63, 3.8) is 0 Å². The number of nitrogen functional groups attached to an aromatic ring is 1. The van der Waals surface area contributed by atoms with Crippen molar-refractivity contribution in [2.24, 2.45) is 0 Å². The smallest absolute Gasteiger partial charge is 0.223 e. The van der Waals surface area contributed by atoms with Crippen LogP contribution in [0.1, 0.15) is 6.42 Å².